The number of aliphatic hydroxyl groups is 1. The van der Waals surface area contributed by atoms with Crippen LogP contribution in [0.3, 0.4) is 0 Å². The van der Waals surface area contributed by atoms with E-state index in [9.17, 15) is 19.5 Å². The van der Waals surface area contributed by atoms with Gasteiger partial charge in [-0.2, -0.15) is 0 Å². The van der Waals surface area contributed by atoms with E-state index in [0.717, 1.165) is 57.6 Å². The van der Waals surface area contributed by atoms with Crippen LogP contribution in [0.4, 0.5) is 4.79 Å². The summed E-state index contributed by atoms with van der Waals surface area (Å²) in [5, 5.41) is 12.2. The molecular formula is C46H48N4O7. The van der Waals surface area contributed by atoms with Crippen molar-refractivity contribution < 1.29 is 33.7 Å². The third-order valence-corrected chi connectivity index (χ3v) is 10.7. The molecule has 0 spiro atoms. The lowest BCUT2D eigenvalue weighted by atomic mass is 9.90. The van der Waals surface area contributed by atoms with E-state index in [1.54, 1.807) is 0 Å². The number of likely N-dealkylation sites (tertiary alicyclic amines) is 1. The van der Waals surface area contributed by atoms with Crippen LogP contribution in [-0.4, -0.2) is 70.1 Å². The Labute approximate surface area is 333 Å². The van der Waals surface area contributed by atoms with E-state index in [4.69, 9.17) is 14.2 Å². The number of nitrogens with zero attached hydrogens (tertiary/aromatic N) is 3. The molecule has 5 unspecified atom stereocenters. The lowest BCUT2D eigenvalue weighted by molar-refractivity contribution is -0.275. The van der Waals surface area contributed by atoms with Gasteiger partial charge in [0.15, 0.2) is 6.29 Å². The summed E-state index contributed by atoms with van der Waals surface area (Å²) in [6.07, 6.45) is 0.742. The van der Waals surface area contributed by atoms with Crippen LogP contribution in [0, 0.1) is 5.92 Å². The first kappa shape index (κ1) is 39.5. The maximum atomic E-state index is 13.4. The molecule has 5 aromatic rings. The van der Waals surface area contributed by atoms with Crippen molar-refractivity contribution in [1.29, 1.82) is 0 Å². The topological polar surface area (TPSA) is 131 Å². The summed E-state index contributed by atoms with van der Waals surface area (Å²) in [7, 11) is 2.10. The first-order chi connectivity index (χ1) is 27.7. The van der Waals surface area contributed by atoms with E-state index in [-0.39, 0.29) is 50.2 Å². The number of pyridine rings is 1. The van der Waals surface area contributed by atoms with E-state index < -0.39 is 24.3 Å². The molecule has 11 nitrogen and oxygen atoms in total. The highest BCUT2D eigenvalue weighted by Crippen LogP contribution is 2.42. The van der Waals surface area contributed by atoms with Gasteiger partial charge in [-0.25, -0.2) is 4.79 Å². The van der Waals surface area contributed by atoms with Gasteiger partial charge >= 0.3 is 6.09 Å². The van der Waals surface area contributed by atoms with Gasteiger partial charge in [-0.3, -0.25) is 19.5 Å². The van der Waals surface area contributed by atoms with E-state index >= 15 is 0 Å². The monoisotopic (exact) mass is 768 g/mol. The lowest BCUT2D eigenvalue weighted by Crippen LogP contribution is -2.43. The number of rotatable bonds is 14. The van der Waals surface area contributed by atoms with Gasteiger partial charge in [-0.1, -0.05) is 116 Å². The Bertz CT molecular complexity index is 2120. The molecule has 3 amide bonds. The molecule has 2 aliphatic heterocycles. The van der Waals surface area contributed by atoms with Crippen LogP contribution in [0.15, 0.2) is 128 Å². The molecule has 3 heterocycles. The summed E-state index contributed by atoms with van der Waals surface area (Å²) < 4.78 is 18.7. The Hall–Kier alpha value is -5.72. The zero-order chi connectivity index (χ0) is 39.7. The molecule has 2 fully saturated rings. The van der Waals surface area contributed by atoms with Crippen molar-refractivity contribution in [2.45, 2.75) is 64.1 Å². The minimum absolute atomic E-state index is 0.0271. The Balaban J connectivity index is 1.04. The predicted octanol–water partition coefficient (Wildman–Crippen LogP) is 6.76. The number of carbonyl (C=O) groups excluding carboxylic acids is 3. The summed E-state index contributed by atoms with van der Waals surface area (Å²) >= 11 is 0. The fraction of sp³-hybridized carbons (Fsp3) is 0.304. The minimum atomic E-state index is -0.994. The van der Waals surface area contributed by atoms with Crippen LogP contribution < -0.4 is 5.32 Å². The molecule has 294 valence electrons. The third-order valence-electron chi connectivity index (χ3n) is 10.7. The van der Waals surface area contributed by atoms with Gasteiger partial charge in [0, 0.05) is 42.9 Å². The summed E-state index contributed by atoms with van der Waals surface area (Å²) in [5.74, 6) is -0.799. The zero-order valence-corrected chi connectivity index (χ0v) is 32.2. The van der Waals surface area contributed by atoms with Crippen molar-refractivity contribution in [3.05, 3.63) is 161 Å². The highest BCUT2D eigenvalue weighted by Gasteiger charge is 2.41. The average molecular weight is 769 g/mol. The molecule has 5 atom stereocenters. The van der Waals surface area contributed by atoms with Crippen LogP contribution in [-0.2, 0) is 50.0 Å². The fourth-order valence-electron chi connectivity index (χ4n) is 7.38. The molecule has 7 rings (SSSR count). The van der Waals surface area contributed by atoms with Crippen molar-refractivity contribution in [3.8, 4) is 11.1 Å². The molecule has 0 radical (unpaired) electrons. The number of carbonyl (C=O) groups is 3. The van der Waals surface area contributed by atoms with Gasteiger partial charge in [-0.15, -0.1) is 0 Å². The Morgan fingerprint density at radius 1 is 0.877 bits per heavy atom. The average Bonchev–Trinajstić information content (AvgIpc) is 3.51. The number of aromatic nitrogens is 1. The molecule has 4 aromatic carbocycles. The van der Waals surface area contributed by atoms with Gasteiger partial charge in [-0.05, 0) is 52.6 Å². The molecule has 2 saturated heterocycles. The van der Waals surface area contributed by atoms with Gasteiger partial charge in [0.1, 0.15) is 12.6 Å². The minimum Gasteiger partial charge on any atom is -0.445 e. The number of likely N-dealkylation sites (N-methyl/N-ethyl adjacent to an activating group) is 1. The summed E-state index contributed by atoms with van der Waals surface area (Å²) in [4.78, 5) is 46.9. The quantitative estimate of drug-likeness (QED) is 0.118. The predicted molar refractivity (Wildman–Crippen MR) is 214 cm³/mol. The van der Waals surface area contributed by atoms with Crippen LogP contribution in [0.25, 0.3) is 11.1 Å². The van der Waals surface area contributed by atoms with Crippen LogP contribution in [0.2, 0.25) is 0 Å². The lowest BCUT2D eigenvalue weighted by Gasteiger charge is -2.42. The third kappa shape index (κ3) is 9.81. The molecule has 0 bridgehead atoms. The maximum Gasteiger partial charge on any atom is 0.408 e. The van der Waals surface area contributed by atoms with E-state index in [2.05, 4.69) is 29.2 Å². The molecule has 2 aliphatic rings. The number of hydrogen-bond donors (Lipinski definition) is 2. The van der Waals surface area contributed by atoms with Crippen LogP contribution in [0.5, 0.6) is 0 Å². The molecule has 1 aromatic heterocycles. The van der Waals surface area contributed by atoms with E-state index in [1.807, 2.05) is 128 Å². The Kier molecular flexibility index (Phi) is 12.8. The molecule has 11 heteroatoms. The van der Waals surface area contributed by atoms with Gasteiger partial charge < -0.3 is 29.5 Å². The van der Waals surface area contributed by atoms with Crippen molar-refractivity contribution in [2.24, 2.45) is 5.92 Å². The summed E-state index contributed by atoms with van der Waals surface area (Å²) in [5.41, 5.74) is 7.14. The van der Waals surface area contributed by atoms with E-state index in [0.29, 0.717) is 6.54 Å². The van der Waals surface area contributed by atoms with Gasteiger partial charge in [0.05, 0.1) is 31.8 Å². The molecule has 57 heavy (non-hydrogen) atoms. The summed E-state index contributed by atoms with van der Waals surface area (Å²) in [6.45, 7) is 3.77. The van der Waals surface area contributed by atoms with Crippen molar-refractivity contribution in [1.82, 2.24) is 20.1 Å². The highest BCUT2D eigenvalue weighted by molar-refractivity contribution is 6.06. The Morgan fingerprint density at radius 2 is 1.60 bits per heavy atom. The number of nitrogens with one attached hydrogen (secondary N) is 1. The zero-order valence-electron chi connectivity index (χ0n) is 32.2. The second-order valence-electron chi connectivity index (χ2n) is 14.7. The van der Waals surface area contributed by atoms with Gasteiger partial charge in [0.2, 0.25) is 5.91 Å². The highest BCUT2D eigenvalue weighted by atomic mass is 16.7. The van der Waals surface area contributed by atoms with Crippen LogP contribution in [0.1, 0.15) is 59.2 Å². The van der Waals surface area contributed by atoms with Crippen LogP contribution >= 0.6 is 0 Å². The standard InChI is InChI=1S/C46H48N4O7/c1-31-41(28-49(2)25-23-38-13-8-9-24-47-38)56-45(57-43(31)35-17-15-32(29-51)16-18-35)36-21-19-34(20-22-36)39-14-7-6-12-37(39)27-50-42(52)26-40(44(50)53)48-46(54)55-30-33-10-4-3-5-11-33/h3-22,24,31,40-41,43,45,51H,23,25-30H2,1-2H3,(H,48,54). The fourth-order valence-corrected chi connectivity index (χ4v) is 7.38. The molecule has 0 saturated carbocycles. The number of benzene rings is 4. The number of hydrogen-bond acceptors (Lipinski definition) is 9. The number of imide groups is 1. The molecule has 0 aliphatic carbocycles. The van der Waals surface area contributed by atoms with Gasteiger partial charge in [0.25, 0.3) is 5.91 Å². The first-order valence-corrected chi connectivity index (χ1v) is 19.3. The second kappa shape index (κ2) is 18.5. The number of aliphatic hydroxyl groups excluding tert-OH is 1. The Morgan fingerprint density at radius 3 is 2.33 bits per heavy atom. The SMILES string of the molecule is CC1C(CN(C)CCc2ccccn2)OC(c2ccc(-c3ccccc3CN3C(=O)CC(NC(=O)OCc4ccccc4)C3=O)cc2)OC1c1ccc(CO)cc1. The number of alkyl carbamates (subject to hydrolysis) is 1. The summed E-state index contributed by atoms with van der Waals surface area (Å²) in [6, 6.07) is 37.7. The van der Waals surface area contributed by atoms with Crippen molar-refractivity contribution in [2.75, 3.05) is 20.1 Å². The number of amides is 3. The maximum absolute atomic E-state index is 13.4. The van der Waals surface area contributed by atoms with Crippen molar-refractivity contribution in [3.63, 3.8) is 0 Å². The molecular weight excluding hydrogens is 721 g/mol. The largest absolute Gasteiger partial charge is 0.445 e. The van der Waals surface area contributed by atoms with E-state index in [1.165, 1.54) is 4.90 Å². The number of ether oxygens (including phenoxy) is 3. The van der Waals surface area contributed by atoms with Crippen molar-refractivity contribution >= 4 is 17.9 Å². The normalized spacial score (nSPS) is 20.8. The smallest absolute Gasteiger partial charge is 0.408 e. The molecule has 2 N–H and O–H groups in total. The first-order valence-electron chi connectivity index (χ1n) is 19.3. The second-order valence-corrected chi connectivity index (χ2v) is 14.7.